The number of para-hydroxylation sites is 1. The van der Waals surface area contributed by atoms with Crippen molar-refractivity contribution in [1.29, 1.82) is 0 Å². The highest BCUT2D eigenvalue weighted by Gasteiger charge is 2.37. The van der Waals surface area contributed by atoms with Crippen molar-refractivity contribution >= 4 is 5.69 Å². The predicted molar refractivity (Wildman–Crippen MR) is 72.4 cm³/mol. The first-order valence-electron chi connectivity index (χ1n) is 6.89. The topological polar surface area (TPSA) is 29.3 Å². The molecule has 1 aromatic carbocycles. The van der Waals surface area contributed by atoms with Crippen molar-refractivity contribution < 1.29 is 0 Å². The molecule has 1 aliphatic carbocycles. The van der Waals surface area contributed by atoms with Crippen LogP contribution in [-0.4, -0.2) is 18.6 Å². The average Bonchev–Trinajstić information content (AvgIpc) is 2.88. The molecule has 1 aliphatic heterocycles. The van der Waals surface area contributed by atoms with Crippen LogP contribution in [0.25, 0.3) is 0 Å². The second-order valence-electron chi connectivity index (χ2n) is 5.69. The minimum atomic E-state index is 0.179. The summed E-state index contributed by atoms with van der Waals surface area (Å²) in [6.45, 7) is 2.45. The summed E-state index contributed by atoms with van der Waals surface area (Å²) in [5.74, 6) is 0. The molecule has 0 unspecified atom stereocenters. The highest BCUT2D eigenvalue weighted by molar-refractivity contribution is 5.54. The Hall–Kier alpha value is -1.02. The number of nitrogens with two attached hydrogens (primary N) is 1. The van der Waals surface area contributed by atoms with Gasteiger partial charge in [0.15, 0.2) is 0 Å². The summed E-state index contributed by atoms with van der Waals surface area (Å²) in [6.07, 6.45) is 7.42. The molecule has 1 saturated heterocycles. The minimum Gasteiger partial charge on any atom is -0.371 e. The number of rotatable bonds is 4. The molecule has 2 nitrogen and oxygen atoms in total. The van der Waals surface area contributed by atoms with Gasteiger partial charge >= 0.3 is 0 Å². The molecule has 0 atom stereocenters. The van der Waals surface area contributed by atoms with E-state index in [1.165, 1.54) is 50.0 Å². The molecular formula is C15H22N2. The van der Waals surface area contributed by atoms with Crippen molar-refractivity contribution in [2.45, 2.75) is 44.1 Å². The van der Waals surface area contributed by atoms with Gasteiger partial charge in [-0.1, -0.05) is 18.2 Å². The molecule has 1 heterocycles. The molecule has 17 heavy (non-hydrogen) atoms. The summed E-state index contributed by atoms with van der Waals surface area (Å²) in [5.41, 5.74) is 9.31. The summed E-state index contributed by atoms with van der Waals surface area (Å²) in [7, 11) is 0. The van der Waals surface area contributed by atoms with E-state index in [-0.39, 0.29) is 5.54 Å². The van der Waals surface area contributed by atoms with Gasteiger partial charge in [-0.3, -0.25) is 0 Å². The van der Waals surface area contributed by atoms with Gasteiger partial charge < -0.3 is 10.6 Å². The maximum absolute atomic E-state index is 6.18. The van der Waals surface area contributed by atoms with Gasteiger partial charge in [0, 0.05) is 24.3 Å². The second-order valence-corrected chi connectivity index (χ2v) is 5.69. The van der Waals surface area contributed by atoms with E-state index < -0.39 is 0 Å². The predicted octanol–water partition coefficient (Wildman–Crippen LogP) is 2.71. The molecule has 92 valence electrons. The quantitative estimate of drug-likeness (QED) is 0.861. The number of benzene rings is 1. The number of hydrogen-bond donors (Lipinski definition) is 1. The fourth-order valence-electron chi connectivity index (χ4n) is 2.78. The van der Waals surface area contributed by atoms with Gasteiger partial charge in [-0.15, -0.1) is 0 Å². The maximum Gasteiger partial charge on any atom is 0.0398 e. The summed E-state index contributed by atoms with van der Waals surface area (Å²) in [6, 6.07) is 8.87. The Morgan fingerprint density at radius 2 is 1.82 bits per heavy atom. The van der Waals surface area contributed by atoms with E-state index in [1.54, 1.807) is 0 Å². The van der Waals surface area contributed by atoms with Crippen LogP contribution in [-0.2, 0) is 6.42 Å². The van der Waals surface area contributed by atoms with E-state index in [4.69, 9.17) is 5.73 Å². The third kappa shape index (κ3) is 2.47. The molecule has 2 fully saturated rings. The standard InChI is InChI=1S/C15H22N2/c16-15(9-10-15)8-7-13-5-1-2-6-14(13)17-11-3-4-12-17/h1-2,5-6H,3-4,7-12,16H2. The summed E-state index contributed by atoms with van der Waals surface area (Å²) in [5, 5.41) is 0. The molecule has 2 heteroatoms. The Balaban J connectivity index is 1.73. The highest BCUT2D eigenvalue weighted by atomic mass is 15.1. The van der Waals surface area contributed by atoms with E-state index >= 15 is 0 Å². The van der Waals surface area contributed by atoms with Crippen molar-refractivity contribution in [1.82, 2.24) is 0 Å². The molecule has 1 aromatic rings. The van der Waals surface area contributed by atoms with Gasteiger partial charge in [-0.2, -0.15) is 0 Å². The third-order valence-electron chi connectivity index (χ3n) is 4.22. The SMILES string of the molecule is NC1(CCc2ccccc2N2CCCC2)CC1. The minimum absolute atomic E-state index is 0.179. The van der Waals surface area contributed by atoms with Crippen LogP contribution >= 0.6 is 0 Å². The Bertz CT molecular complexity index is 390. The first kappa shape index (κ1) is 11.1. The van der Waals surface area contributed by atoms with Crippen LogP contribution in [0.4, 0.5) is 5.69 Å². The van der Waals surface area contributed by atoms with Crippen LogP contribution < -0.4 is 10.6 Å². The monoisotopic (exact) mass is 230 g/mol. The number of aryl methyl sites for hydroxylation is 1. The molecule has 0 amide bonds. The highest BCUT2D eigenvalue weighted by Crippen LogP contribution is 2.37. The lowest BCUT2D eigenvalue weighted by Gasteiger charge is -2.22. The van der Waals surface area contributed by atoms with Crippen LogP contribution in [0.5, 0.6) is 0 Å². The molecule has 2 aliphatic rings. The molecular weight excluding hydrogens is 208 g/mol. The van der Waals surface area contributed by atoms with Crippen molar-refractivity contribution in [3.8, 4) is 0 Å². The number of hydrogen-bond acceptors (Lipinski definition) is 2. The zero-order valence-corrected chi connectivity index (χ0v) is 10.5. The van der Waals surface area contributed by atoms with Crippen molar-refractivity contribution in [2.24, 2.45) is 5.73 Å². The number of anilines is 1. The van der Waals surface area contributed by atoms with Crippen LogP contribution in [0.15, 0.2) is 24.3 Å². The smallest absolute Gasteiger partial charge is 0.0398 e. The van der Waals surface area contributed by atoms with E-state index in [2.05, 4.69) is 29.2 Å². The van der Waals surface area contributed by atoms with Crippen molar-refractivity contribution in [2.75, 3.05) is 18.0 Å². The van der Waals surface area contributed by atoms with Gasteiger partial charge in [0.05, 0.1) is 0 Å². The largest absolute Gasteiger partial charge is 0.371 e. The van der Waals surface area contributed by atoms with Crippen LogP contribution in [0, 0.1) is 0 Å². The van der Waals surface area contributed by atoms with Gasteiger partial charge in [-0.05, 0) is 50.2 Å². The van der Waals surface area contributed by atoms with Crippen LogP contribution in [0.2, 0.25) is 0 Å². The molecule has 0 radical (unpaired) electrons. The molecule has 0 bridgehead atoms. The molecule has 0 spiro atoms. The van der Waals surface area contributed by atoms with Gasteiger partial charge in [0.2, 0.25) is 0 Å². The normalized spacial score (nSPS) is 21.8. The number of nitrogens with zero attached hydrogens (tertiary/aromatic N) is 1. The maximum atomic E-state index is 6.18. The summed E-state index contributed by atoms with van der Waals surface area (Å²) in [4.78, 5) is 2.53. The first-order valence-corrected chi connectivity index (χ1v) is 6.89. The molecule has 1 saturated carbocycles. The van der Waals surface area contributed by atoms with E-state index in [9.17, 15) is 0 Å². The van der Waals surface area contributed by atoms with Crippen LogP contribution in [0.3, 0.4) is 0 Å². The Kier molecular flexibility index (Phi) is 2.83. The fraction of sp³-hybridized carbons (Fsp3) is 0.600. The summed E-state index contributed by atoms with van der Waals surface area (Å²) >= 11 is 0. The molecule has 2 N–H and O–H groups in total. The lowest BCUT2D eigenvalue weighted by atomic mass is 10.0. The Labute approximate surface area is 104 Å². The summed E-state index contributed by atoms with van der Waals surface area (Å²) < 4.78 is 0. The fourth-order valence-corrected chi connectivity index (χ4v) is 2.78. The molecule has 0 aromatic heterocycles. The lowest BCUT2D eigenvalue weighted by Crippen LogP contribution is -2.23. The Morgan fingerprint density at radius 1 is 1.12 bits per heavy atom. The molecule has 3 rings (SSSR count). The second kappa shape index (κ2) is 4.34. The van der Waals surface area contributed by atoms with Crippen molar-refractivity contribution in [3.05, 3.63) is 29.8 Å². The first-order chi connectivity index (χ1) is 8.27. The van der Waals surface area contributed by atoms with Crippen molar-refractivity contribution in [3.63, 3.8) is 0 Å². The van der Waals surface area contributed by atoms with Gasteiger partial charge in [-0.25, -0.2) is 0 Å². The average molecular weight is 230 g/mol. The van der Waals surface area contributed by atoms with E-state index in [1.807, 2.05) is 0 Å². The van der Waals surface area contributed by atoms with E-state index in [0.29, 0.717) is 0 Å². The van der Waals surface area contributed by atoms with Crippen LogP contribution in [0.1, 0.15) is 37.7 Å². The van der Waals surface area contributed by atoms with Gasteiger partial charge in [0.25, 0.3) is 0 Å². The zero-order valence-electron chi connectivity index (χ0n) is 10.5. The third-order valence-corrected chi connectivity index (χ3v) is 4.22. The Morgan fingerprint density at radius 3 is 2.53 bits per heavy atom. The zero-order chi connectivity index (χ0) is 11.7. The lowest BCUT2D eigenvalue weighted by molar-refractivity contribution is 0.609. The van der Waals surface area contributed by atoms with E-state index in [0.717, 1.165) is 12.8 Å². The van der Waals surface area contributed by atoms with Gasteiger partial charge in [0.1, 0.15) is 0 Å².